The molecule has 6 nitrogen and oxygen atoms in total. The molecule has 2 aromatic carbocycles. The average Bonchev–Trinajstić information content (AvgIpc) is 3.55. The van der Waals surface area contributed by atoms with E-state index in [-0.39, 0.29) is 23.6 Å². The minimum absolute atomic E-state index is 0.116. The number of ketones is 1. The summed E-state index contributed by atoms with van der Waals surface area (Å²) in [5.41, 5.74) is -0.0805. The van der Waals surface area contributed by atoms with Crippen molar-refractivity contribution in [2.45, 2.75) is 90.2 Å². The van der Waals surface area contributed by atoms with Crippen molar-refractivity contribution in [3.05, 3.63) is 125 Å². The Balaban J connectivity index is 1.29. The highest BCUT2D eigenvalue weighted by atomic mass is 35.5. The molecule has 256 valence electrons. The lowest BCUT2D eigenvalue weighted by molar-refractivity contribution is -0.135. The number of hydrogen-bond donors (Lipinski definition) is 1. The van der Waals surface area contributed by atoms with Gasteiger partial charge in [0.05, 0.1) is 0 Å². The quantitative estimate of drug-likeness (QED) is 0.0918. The third kappa shape index (κ3) is 13.9. The second-order valence-electron chi connectivity index (χ2n) is 12.4. The van der Waals surface area contributed by atoms with Crippen LogP contribution in [0.25, 0.3) is 0 Å². The van der Waals surface area contributed by atoms with E-state index in [1.165, 1.54) is 0 Å². The summed E-state index contributed by atoms with van der Waals surface area (Å²) in [7, 11) is 0. The van der Waals surface area contributed by atoms with Gasteiger partial charge in [-0.15, -0.1) is 0 Å². The summed E-state index contributed by atoms with van der Waals surface area (Å²) in [6.45, 7) is 6.70. The van der Waals surface area contributed by atoms with E-state index in [9.17, 15) is 14.4 Å². The summed E-state index contributed by atoms with van der Waals surface area (Å²) in [4.78, 5) is 40.5. The van der Waals surface area contributed by atoms with Crippen LogP contribution in [-0.4, -0.2) is 47.2 Å². The minimum Gasteiger partial charge on any atom is -0.478 e. The van der Waals surface area contributed by atoms with Crippen LogP contribution in [0.1, 0.15) is 94.5 Å². The summed E-state index contributed by atoms with van der Waals surface area (Å²) in [5.74, 6) is 0.243. The monoisotopic (exact) mass is 670 g/mol. The molecule has 0 unspecified atom stereocenters. The van der Waals surface area contributed by atoms with Gasteiger partial charge in [0, 0.05) is 41.7 Å². The third-order valence-electron chi connectivity index (χ3n) is 7.94. The number of nitrogens with one attached hydrogen (secondary N) is 1. The van der Waals surface area contributed by atoms with E-state index in [4.69, 9.17) is 16.3 Å². The summed E-state index contributed by atoms with van der Waals surface area (Å²) in [6, 6.07) is 13.4. The lowest BCUT2D eigenvalue weighted by Crippen LogP contribution is -2.50. The van der Waals surface area contributed by atoms with Gasteiger partial charge in [-0.25, -0.2) is 0 Å². The average molecular weight is 671 g/mol. The van der Waals surface area contributed by atoms with E-state index in [1.54, 1.807) is 62.4 Å². The van der Waals surface area contributed by atoms with E-state index < -0.39 is 5.60 Å². The van der Waals surface area contributed by atoms with Crippen molar-refractivity contribution in [1.82, 2.24) is 10.2 Å². The number of carbonyl (C=O) groups excluding carboxylic acids is 3. The maximum absolute atomic E-state index is 13.1. The maximum atomic E-state index is 13.1. The Bertz CT molecular complexity index is 1450. The molecule has 0 bridgehead atoms. The van der Waals surface area contributed by atoms with Crippen LogP contribution in [0.2, 0.25) is 5.02 Å². The number of ether oxygens (including phenoxy) is 1. The molecule has 0 aromatic heterocycles. The summed E-state index contributed by atoms with van der Waals surface area (Å²) >= 11 is 5.93. The second-order valence-corrected chi connectivity index (χ2v) is 12.8. The fourth-order valence-electron chi connectivity index (χ4n) is 5.14. The summed E-state index contributed by atoms with van der Waals surface area (Å²) < 4.78 is 6.01. The molecular formula is C41H51ClN2O4. The number of nitrogens with zero attached hydrogens (tertiary/aromatic N) is 1. The van der Waals surface area contributed by atoms with Crippen molar-refractivity contribution >= 4 is 29.2 Å². The SMILES string of the molecule is CC/C=C\C/C=C\C/C=C\C/C=C\C/C=C\CCCC(=O)N1CC[C@H](NC(=O)C(C)(C)Oc2ccc(C(=O)c3ccc(Cl)cc3)cc2)C1. The van der Waals surface area contributed by atoms with E-state index in [0.717, 1.165) is 44.9 Å². The molecular weight excluding hydrogens is 620 g/mol. The van der Waals surface area contributed by atoms with Crippen molar-refractivity contribution in [3.63, 3.8) is 0 Å². The largest absolute Gasteiger partial charge is 0.478 e. The topological polar surface area (TPSA) is 75.7 Å². The van der Waals surface area contributed by atoms with Crippen LogP contribution in [0.5, 0.6) is 5.75 Å². The van der Waals surface area contributed by atoms with Gasteiger partial charge in [0.15, 0.2) is 11.4 Å². The lowest BCUT2D eigenvalue weighted by Gasteiger charge is -2.27. The maximum Gasteiger partial charge on any atom is 0.263 e. The number of amides is 2. The fraction of sp³-hybridized carbons (Fsp3) is 0.390. The normalized spacial score (nSPS) is 15.5. The molecule has 1 fully saturated rings. The molecule has 0 aliphatic carbocycles. The van der Waals surface area contributed by atoms with Gasteiger partial charge in [-0.2, -0.15) is 0 Å². The lowest BCUT2D eigenvalue weighted by atomic mass is 10.0. The highest BCUT2D eigenvalue weighted by molar-refractivity contribution is 6.30. The summed E-state index contributed by atoms with van der Waals surface area (Å²) in [5, 5.41) is 3.63. The van der Waals surface area contributed by atoms with E-state index in [1.807, 2.05) is 4.90 Å². The number of benzene rings is 2. The predicted octanol–water partition coefficient (Wildman–Crippen LogP) is 9.37. The standard InChI is InChI=1S/C41H51ClN2O4/c1-4-5-6-7-8-9-10-11-12-13-14-15-16-17-18-19-20-21-38(45)44-31-30-36(32-44)43-40(47)41(2,3)48-37-28-24-34(25-29-37)39(46)33-22-26-35(42)27-23-33/h5-6,8-9,11-12,14-15,17-18,22-29,36H,4,7,10,13,16,19-21,30-32H2,1-3H3,(H,43,47)/b6-5-,9-8-,12-11-,15-14-,18-17-/t36-/m0/s1. The van der Waals surface area contributed by atoms with Crippen LogP contribution in [0.15, 0.2) is 109 Å². The molecule has 1 heterocycles. The highest BCUT2D eigenvalue weighted by Crippen LogP contribution is 2.22. The Labute approximate surface area is 292 Å². The molecule has 1 aliphatic heterocycles. The highest BCUT2D eigenvalue weighted by Gasteiger charge is 2.34. The van der Waals surface area contributed by atoms with Crippen molar-refractivity contribution in [1.29, 1.82) is 0 Å². The Kier molecular flexibility index (Phi) is 16.7. The second kappa shape index (κ2) is 20.9. The van der Waals surface area contributed by atoms with E-state index in [2.05, 4.69) is 73.0 Å². The molecule has 1 atom stereocenters. The summed E-state index contributed by atoms with van der Waals surface area (Å²) in [6.07, 6.45) is 29.6. The molecule has 3 rings (SSSR count). The van der Waals surface area contributed by atoms with Gasteiger partial charge in [0.2, 0.25) is 5.91 Å². The Morgan fingerprint density at radius 3 is 1.90 bits per heavy atom. The third-order valence-corrected chi connectivity index (χ3v) is 8.19. The van der Waals surface area contributed by atoms with Crippen LogP contribution in [0.3, 0.4) is 0 Å². The van der Waals surface area contributed by atoms with Gasteiger partial charge in [-0.3, -0.25) is 14.4 Å². The molecule has 0 spiro atoms. The minimum atomic E-state index is -1.14. The van der Waals surface area contributed by atoms with Crippen LogP contribution in [0.4, 0.5) is 0 Å². The number of carbonyl (C=O) groups is 3. The van der Waals surface area contributed by atoms with Crippen LogP contribution < -0.4 is 10.1 Å². The van der Waals surface area contributed by atoms with Crippen LogP contribution in [0, 0.1) is 0 Å². The molecule has 2 aromatic rings. The molecule has 0 saturated carbocycles. The number of allylic oxidation sites excluding steroid dienone is 10. The van der Waals surface area contributed by atoms with Gasteiger partial charge in [0.25, 0.3) is 5.91 Å². The zero-order valence-corrected chi connectivity index (χ0v) is 29.5. The molecule has 1 aliphatic rings. The smallest absolute Gasteiger partial charge is 0.263 e. The van der Waals surface area contributed by atoms with Crippen LogP contribution in [-0.2, 0) is 9.59 Å². The predicted molar refractivity (Wildman–Crippen MR) is 197 cm³/mol. The molecule has 0 radical (unpaired) electrons. The number of rotatable bonds is 19. The van der Waals surface area contributed by atoms with Gasteiger partial charge in [0.1, 0.15) is 5.75 Å². The first-order valence-electron chi connectivity index (χ1n) is 17.1. The zero-order chi connectivity index (χ0) is 34.6. The number of hydrogen-bond acceptors (Lipinski definition) is 4. The van der Waals surface area contributed by atoms with Crippen molar-refractivity contribution in [3.8, 4) is 5.75 Å². The van der Waals surface area contributed by atoms with E-state index in [0.29, 0.717) is 47.8 Å². The van der Waals surface area contributed by atoms with Crippen molar-refractivity contribution in [2.24, 2.45) is 0 Å². The van der Waals surface area contributed by atoms with Gasteiger partial charge < -0.3 is 15.0 Å². The van der Waals surface area contributed by atoms with Crippen LogP contribution >= 0.6 is 11.6 Å². The van der Waals surface area contributed by atoms with Gasteiger partial charge in [-0.05, 0) is 114 Å². The molecule has 1 N–H and O–H groups in total. The fourth-order valence-corrected chi connectivity index (χ4v) is 5.27. The first-order chi connectivity index (χ1) is 23.2. The Morgan fingerprint density at radius 1 is 0.812 bits per heavy atom. The number of likely N-dealkylation sites (tertiary alicyclic amines) is 1. The zero-order valence-electron chi connectivity index (χ0n) is 28.7. The van der Waals surface area contributed by atoms with Crippen molar-refractivity contribution < 1.29 is 19.1 Å². The molecule has 2 amide bonds. The number of halogens is 1. The van der Waals surface area contributed by atoms with Crippen molar-refractivity contribution in [2.75, 3.05) is 13.1 Å². The van der Waals surface area contributed by atoms with Gasteiger partial charge >= 0.3 is 0 Å². The first-order valence-corrected chi connectivity index (χ1v) is 17.5. The Hall–Kier alpha value is -4.16. The number of unbranched alkanes of at least 4 members (excludes halogenated alkanes) is 1. The molecule has 48 heavy (non-hydrogen) atoms. The molecule has 1 saturated heterocycles. The first kappa shape index (κ1) is 38.3. The molecule has 7 heteroatoms. The van der Waals surface area contributed by atoms with Gasteiger partial charge in [-0.1, -0.05) is 79.3 Å². The Morgan fingerprint density at radius 2 is 1.33 bits per heavy atom. The van der Waals surface area contributed by atoms with E-state index >= 15 is 0 Å².